The van der Waals surface area contributed by atoms with E-state index in [0.29, 0.717) is 0 Å². The molecular weight excluding hydrogens is 258 g/mol. The van der Waals surface area contributed by atoms with Crippen molar-refractivity contribution in [2.75, 3.05) is 5.73 Å². The van der Waals surface area contributed by atoms with Crippen molar-refractivity contribution in [1.82, 2.24) is 10.3 Å². The van der Waals surface area contributed by atoms with Crippen LogP contribution in [0.1, 0.15) is 32.5 Å². The van der Waals surface area contributed by atoms with Gasteiger partial charge in [-0.2, -0.15) is 0 Å². The average molecular weight is 273 g/mol. The maximum atomic E-state index is 11.5. The standard InChI is InChI=1S/C10H15N3O4S/c1-10(2,3)17-9(16)13-6(7(14)15)5-4-18-8(11)12-5/h4,6H,1-3H3,(H2,11,12)(H,13,16)(H,14,15). The number of nitrogens with zero attached hydrogens (tertiary/aromatic N) is 1. The number of hydrogen-bond donors (Lipinski definition) is 3. The van der Waals surface area contributed by atoms with E-state index in [9.17, 15) is 9.59 Å². The second kappa shape index (κ2) is 5.21. The molecule has 1 aromatic heterocycles. The molecule has 0 saturated heterocycles. The number of carboxylic acids is 1. The van der Waals surface area contributed by atoms with Gasteiger partial charge in [0.1, 0.15) is 5.60 Å². The Morgan fingerprint density at radius 1 is 1.56 bits per heavy atom. The molecule has 1 aromatic rings. The third kappa shape index (κ3) is 4.21. The number of ether oxygens (including phenoxy) is 1. The summed E-state index contributed by atoms with van der Waals surface area (Å²) in [6.07, 6.45) is -0.818. The lowest BCUT2D eigenvalue weighted by molar-refractivity contribution is -0.139. The van der Waals surface area contributed by atoms with Gasteiger partial charge in [0.2, 0.25) is 0 Å². The Balaban J connectivity index is 2.76. The number of amides is 1. The summed E-state index contributed by atoms with van der Waals surface area (Å²) in [5.74, 6) is -1.23. The number of carboxylic acid groups (broad SMARTS) is 1. The average Bonchev–Trinajstić information content (AvgIpc) is 2.57. The maximum absolute atomic E-state index is 11.5. The minimum absolute atomic E-state index is 0.177. The molecule has 1 amide bonds. The zero-order chi connectivity index (χ0) is 13.9. The molecule has 0 fully saturated rings. The monoisotopic (exact) mass is 273 g/mol. The van der Waals surface area contributed by atoms with Crippen LogP contribution in [0.2, 0.25) is 0 Å². The number of hydrogen-bond acceptors (Lipinski definition) is 6. The van der Waals surface area contributed by atoms with Crippen LogP contribution in [0.5, 0.6) is 0 Å². The molecule has 1 heterocycles. The van der Waals surface area contributed by atoms with E-state index in [1.54, 1.807) is 20.8 Å². The quantitative estimate of drug-likeness (QED) is 0.766. The molecule has 4 N–H and O–H groups in total. The Kier molecular flexibility index (Phi) is 4.12. The third-order valence-electron chi connectivity index (χ3n) is 1.74. The van der Waals surface area contributed by atoms with E-state index in [4.69, 9.17) is 15.6 Å². The molecule has 18 heavy (non-hydrogen) atoms. The number of nitrogens with two attached hydrogens (primary N) is 1. The summed E-state index contributed by atoms with van der Waals surface area (Å²) in [5.41, 5.74) is 4.90. The normalized spacial score (nSPS) is 12.8. The van der Waals surface area contributed by atoms with Crippen molar-refractivity contribution >= 4 is 28.5 Å². The highest BCUT2D eigenvalue weighted by Crippen LogP contribution is 2.19. The molecular formula is C10H15N3O4S. The first kappa shape index (κ1) is 14.2. The Labute approximate surface area is 108 Å². The molecule has 0 aliphatic rings. The molecule has 7 nitrogen and oxygen atoms in total. The Bertz CT molecular complexity index is 452. The molecule has 0 saturated carbocycles. The lowest BCUT2D eigenvalue weighted by atomic mass is 10.2. The van der Waals surface area contributed by atoms with Gasteiger partial charge in [0.05, 0.1) is 5.69 Å². The smallest absolute Gasteiger partial charge is 0.408 e. The maximum Gasteiger partial charge on any atom is 0.408 e. The number of aromatic nitrogens is 1. The number of nitrogens with one attached hydrogen (secondary N) is 1. The number of alkyl carbamates (subject to hydrolysis) is 1. The van der Waals surface area contributed by atoms with Crippen LogP contribution in [0.4, 0.5) is 9.93 Å². The molecule has 0 aromatic carbocycles. The van der Waals surface area contributed by atoms with E-state index >= 15 is 0 Å². The molecule has 0 spiro atoms. The first-order valence-corrected chi connectivity index (χ1v) is 6.00. The Morgan fingerprint density at radius 2 is 2.17 bits per heavy atom. The second-order valence-electron chi connectivity index (χ2n) is 4.53. The Morgan fingerprint density at radius 3 is 2.56 bits per heavy atom. The van der Waals surface area contributed by atoms with Gasteiger partial charge >= 0.3 is 12.1 Å². The van der Waals surface area contributed by atoms with Gasteiger partial charge in [-0.05, 0) is 20.8 Å². The number of aliphatic carboxylic acids is 1. The van der Waals surface area contributed by atoms with E-state index < -0.39 is 23.7 Å². The predicted octanol–water partition coefficient (Wildman–Crippen LogP) is 1.38. The van der Waals surface area contributed by atoms with E-state index in [1.807, 2.05) is 0 Å². The topological polar surface area (TPSA) is 115 Å². The van der Waals surface area contributed by atoms with Crippen molar-refractivity contribution in [3.05, 3.63) is 11.1 Å². The fourth-order valence-corrected chi connectivity index (χ4v) is 1.71. The number of nitrogen functional groups attached to an aromatic ring is 1. The molecule has 0 aliphatic heterocycles. The molecule has 0 radical (unpaired) electrons. The minimum Gasteiger partial charge on any atom is -0.479 e. The highest BCUT2D eigenvalue weighted by Gasteiger charge is 2.27. The van der Waals surface area contributed by atoms with Gasteiger partial charge in [0.15, 0.2) is 11.2 Å². The summed E-state index contributed by atoms with van der Waals surface area (Å²) in [4.78, 5) is 26.4. The van der Waals surface area contributed by atoms with Crippen LogP contribution >= 0.6 is 11.3 Å². The zero-order valence-electron chi connectivity index (χ0n) is 10.3. The van der Waals surface area contributed by atoms with Gasteiger partial charge in [0, 0.05) is 5.38 Å². The first-order valence-electron chi connectivity index (χ1n) is 5.12. The van der Waals surface area contributed by atoms with Crippen molar-refractivity contribution in [2.24, 2.45) is 0 Å². The van der Waals surface area contributed by atoms with Crippen molar-refractivity contribution < 1.29 is 19.4 Å². The summed E-state index contributed by atoms with van der Waals surface area (Å²) in [7, 11) is 0. The van der Waals surface area contributed by atoms with Gasteiger partial charge in [-0.15, -0.1) is 11.3 Å². The molecule has 1 atom stereocenters. The molecule has 0 aliphatic carbocycles. The number of thiazole rings is 1. The highest BCUT2D eigenvalue weighted by molar-refractivity contribution is 7.13. The second-order valence-corrected chi connectivity index (χ2v) is 5.42. The van der Waals surface area contributed by atoms with Crippen molar-refractivity contribution in [3.63, 3.8) is 0 Å². The van der Waals surface area contributed by atoms with Gasteiger partial charge in [-0.3, -0.25) is 0 Å². The van der Waals surface area contributed by atoms with E-state index in [0.717, 1.165) is 11.3 Å². The van der Waals surface area contributed by atoms with E-state index in [1.165, 1.54) is 5.38 Å². The summed E-state index contributed by atoms with van der Waals surface area (Å²) in [6.45, 7) is 5.05. The van der Waals surface area contributed by atoms with Gasteiger partial charge in [-0.25, -0.2) is 14.6 Å². The zero-order valence-corrected chi connectivity index (χ0v) is 11.1. The molecule has 100 valence electrons. The number of carbonyl (C=O) groups is 2. The molecule has 8 heteroatoms. The summed E-state index contributed by atoms with van der Waals surface area (Å²) in [5, 5.41) is 13.0. The highest BCUT2D eigenvalue weighted by atomic mass is 32.1. The summed E-state index contributed by atoms with van der Waals surface area (Å²) < 4.78 is 4.98. The van der Waals surface area contributed by atoms with Crippen LogP contribution in [0.3, 0.4) is 0 Å². The fourth-order valence-electron chi connectivity index (χ4n) is 1.12. The number of rotatable bonds is 3. The largest absolute Gasteiger partial charge is 0.479 e. The fraction of sp³-hybridized carbons (Fsp3) is 0.500. The first-order chi connectivity index (χ1) is 8.19. The van der Waals surface area contributed by atoms with Gasteiger partial charge in [0.25, 0.3) is 0 Å². The molecule has 1 unspecified atom stereocenters. The van der Waals surface area contributed by atoms with Gasteiger partial charge in [-0.1, -0.05) is 0 Å². The predicted molar refractivity (Wildman–Crippen MR) is 66.3 cm³/mol. The number of carbonyl (C=O) groups excluding carboxylic acids is 1. The van der Waals surface area contributed by atoms with Crippen LogP contribution in [0, 0.1) is 0 Å². The molecule has 1 rings (SSSR count). The van der Waals surface area contributed by atoms with Crippen LogP contribution < -0.4 is 11.1 Å². The van der Waals surface area contributed by atoms with E-state index in [2.05, 4.69) is 10.3 Å². The van der Waals surface area contributed by atoms with Crippen LogP contribution in [0.25, 0.3) is 0 Å². The van der Waals surface area contributed by atoms with Crippen molar-refractivity contribution in [3.8, 4) is 0 Å². The summed E-state index contributed by atoms with van der Waals surface area (Å²) >= 11 is 1.10. The number of anilines is 1. The van der Waals surface area contributed by atoms with Gasteiger partial charge < -0.3 is 20.9 Å². The summed E-state index contributed by atoms with van der Waals surface area (Å²) in [6, 6.07) is -1.27. The molecule has 0 bridgehead atoms. The Hall–Kier alpha value is -1.83. The van der Waals surface area contributed by atoms with E-state index in [-0.39, 0.29) is 10.8 Å². The lowest BCUT2D eigenvalue weighted by Gasteiger charge is -2.21. The minimum atomic E-state index is -1.27. The lowest BCUT2D eigenvalue weighted by Crippen LogP contribution is -2.38. The van der Waals surface area contributed by atoms with Crippen LogP contribution in [-0.2, 0) is 9.53 Å². The SMILES string of the molecule is CC(C)(C)OC(=O)NC(C(=O)O)c1csc(N)n1. The van der Waals surface area contributed by atoms with Crippen LogP contribution in [0.15, 0.2) is 5.38 Å². The van der Waals surface area contributed by atoms with Crippen LogP contribution in [-0.4, -0.2) is 27.8 Å². The van der Waals surface area contributed by atoms with Crippen molar-refractivity contribution in [1.29, 1.82) is 0 Å². The third-order valence-corrected chi connectivity index (χ3v) is 2.44. The van der Waals surface area contributed by atoms with Crippen molar-refractivity contribution in [2.45, 2.75) is 32.4 Å².